The van der Waals surface area contributed by atoms with Crippen LogP contribution in [0.3, 0.4) is 0 Å². The highest BCUT2D eigenvalue weighted by Crippen LogP contribution is 2.13. The molecule has 12 heavy (non-hydrogen) atoms. The van der Waals surface area contributed by atoms with Gasteiger partial charge in [-0.05, 0) is 6.92 Å². The first-order chi connectivity index (χ1) is 5.65. The minimum absolute atomic E-state index is 0.1000. The maximum absolute atomic E-state index is 11.0. The lowest BCUT2D eigenvalue weighted by Crippen LogP contribution is -2.03. The third-order valence-electron chi connectivity index (χ3n) is 1.39. The fourth-order valence-electron chi connectivity index (χ4n) is 0.891. The zero-order valence-corrected chi connectivity index (χ0v) is 6.96. The molecule has 0 fully saturated rings. The first-order valence-electron chi connectivity index (χ1n) is 3.46. The first-order valence-corrected chi connectivity index (χ1v) is 3.46. The molecule has 0 amide bonds. The number of aryl methyl sites for hydroxylation is 1. The average Bonchev–Trinajstić information content (AvgIpc) is 2.00. The van der Waals surface area contributed by atoms with Gasteiger partial charge in [0.2, 0.25) is 11.2 Å². The Morgan fingerprint density at radius 2 is 2.33 bits per heavy atom. The summed E-state index contributed by atoms with van der Waals surface area (Å²) in [5.41, 5.74) is -0.439. The van der Waals surface area contributed by atoms with E-state index in [1.807, 2.05) is 0 Å². The number of hydrogen-bond acceptors (Lipinski definition) is 4. The van der Waals surface area contributed by atoms with Crippen molar-refractivity contribution in [2.75, 3.05) is 7.11 Å². The van der Waals surface area contributed by atoms with Crippen molar-refractivity contribution in [3.05, 3.63) is 27.8 Å². The quantitative estimate of drug-likeness (QED) is 0.713. The fraction of sp³-hybridized carbons (Fsp3) is 0.375. The summed E-state index contributed by atoms with van der Waals surface area (Å²) in [6, 6.07) is 1.23. The van der Waals surface area contributed by atoms with Crippen molar-refractivity contribution in [1.82, 2.24) is 0 Å². The molecule has 0 radical (unpaired) electrons. The maximum Gasteiger partial charge on any atom is 0.227 e. The second-order valence-electron chi connectivity index (χ2n) is 2.43. The van der Waals surface area contributed by atoms with Crippen LogP contribution >= 0.6 is 0 Å². The van der Waals surface area contributed by atoms with Gasteiger partial charge in [0.05, 0.1) is 0 Å². The molecule has 1 rings (SSSR count). The van der Waals surface area contributed by atoms with Crippen LogP contribution in [0.2, 0.25) is 0 Å². The van der Waals surface area contributed by atoms with Crippen LogP contribution in [0.1, 0.15) is 11.5 Å². The third-order valence-corrected chi connectivity index (χ3v) is 1.39. The standard InChI is InChI=1S/C8H10O4/c1-5-3-6(9)8(10)7(12-5)4-11-2/h3,10H,4H2,1-2H3. The van der Waals surface area contributed by atoms with Gasteiger partial charge in [-0.15, -0.1) is 0 Å². The van der Waals surface area contributed by atoms with Crippen LogP contribution in [0.25, 0.3) is 0 Å². The van der Waals surface area contributed by atoms with Crippen LogP contribution in [0.4, 0.5) is 0 Å². The van der Waals surface area contributed by atoms with Gasteiger partial charge in [0.1, 0.15) is 12.4 Å². The highest BCUT2D eigenvalue weighted by atomic mass is 16.5. The van der Waals surface area contributed by atoms with Gasteiger partial charge in [0, 0.05) is 13.2 Å². The number of rotatable bonds is 2. The predicted octanol–water partition coefficient (Wildman–Crippen LogP) is 0.800. The number of ether oxygens (including phenoxy) is 1. The molecule has 0 unspecified atom stereocenters. The molecule has 1 aromatic heterocycles. The Hall–Kier alpha value is -1.29. The van der Waals surface area contributed by atoms with E-state index >= 15 is 0 Å². The second kappa shape index (κ2) is 3.40. The summed E-state index contributed by atoms with van der Waals surface area (Å²) in [5.74, 6) is 0.259. The monoisotopic (exact) mass is 170 g/mol. The molecule has 0 aliphatic heterocycles. The van der Waals surface area contributed by atoms with Gasteiger partial charge in [0.15, 0.2) is 5.76 Å². The summed E-state index contributed by atoms with van der Waals surface area (Å²) in [4.78, 5) is 11.0. The Kier molecular flexibility index (Phi) is 2.50. The van der Waals surface area contributed by atoms with Crippen LogP contribution < -0.4 is 5.43 Å². The molecule has 0 aliphatic rings. The molecule has 0 aromatic carbocycles. The highest BCUT2D eigenvalue weighted by Gasteiger charge is 2.08. The lowest BCUT2D eigenvalue weighted by Gasteiger charge is -2.01. The van der Waals surface area contributed by atoms with Crippen LogP contribution in [-0.4, -0.2) is 12.2 Å². The molecule has 0 saturated heterocycles. The highest BCUT2D eigenvalue weighted by molar-refractivity contribution is 5.23. The molecular weight excluding hydrogens is 160 g/mol. The lowest BCUT2D eigenvalue weighted by molar-refractivity contribution is 0.156. The third kappa shape index (κ3) is 1.65. The van der Waals surface area contributed by atoms with E-state index in [4.69, 9.17) is 14.3 Å². The number of aromatic hydroxyl groups is 1. The molecular formula is C8H10O4. The Labute approximate surface area is 69.4 Å². The van der Waals surface area contributed by atoms with Gasteiger partial charge < -0.3 is 14.3 Å². The number of hydrogen-bond donors (Lipinski definition) is 1. The van der Waals surface area contributed by atoms with E-state index < -0.39 is 5.43 Å². The van der Waals surface area contributed by atoms with Crippen molar-refractivity contribution in [2.45, 2.75) is 13.5 Å². The topological polar surface area (TPSA) is 59.7 Å². The molecule has 66 valence electrons. The van der Waals surface area contributed by atoms with Crippen LogP contribution in [0, 0.1) is 6.92 Å². The SMILES string of the molecule is COCc1oc(C)cc(=O)c1O. The Morgan fingerprint density at radius 1 is 1.67 bits per heavy atom. The fourth-order valence-corrected chi connectivity index (χ4v) is 0.891. The molecule has 4 nitrogen and oxygen atoms in total. The van der Waals surface area contributed by atoms with Gasteiger partial charge in [0.25, 0.3) is 0 Å². The molecule has 1 N–H and O–H groups in total. The summed E-state index contributed by atoms with van der Waals surface area (Å²) in [6.45, 7) is 1.74. The van der Waals surface area contributed by atoms with Gasteiger partial charge >= 0.3 is 0 Å². The minimum atomic E-state index is -0.439. The Bertz CT molecular complexity index is 326. The van der Waals surface area contributed by atoms with Crippen molar-refractivity contribution in [2.24, 2.45) is 0 Å². The van der Waals surface area contributed by atoms with Gasteiger partial charge in [-0.3, -0.25) is 4.79 Å². The van der Waals surface area contributed by atoms with Crippen molar-refractivity contribution in [3.63, 3.8) is 0 Å². The summed E-state index contributed by atoms with van der Waals surface area (Å²) < 4.78 is 9.78. The van der Waals surface area contributed by atoms with Crippen LogP contribution in [-0.2, 0) is 11.3 Å². The zero-order chi connectivity index (χ0) is 9.14. The molecule has 0 atom stereocenters. The van der Waals surface area contributed by atoms with Crippen molar-refractivity contribution >= 4 is 0 Å². The zero-order valence-electron chi connectivity index (χ0n) is 6.96. The van der Waals surface area contributed by atoms with E-state index in [0.717, 1.165) is 0 Å². The molecule has 0 bridgehead atoms. The van der Waals surface area contributed by atoms with E-state index in [2.05, 4.69) is 0 Å². The van der Waals surface area contributed by atoms with Crippen LogP contribution in [0.5, 0.6) is 5.75 Å². The van der Waals surface area contributed by atoms with Crippen LogP contribution in [0.15, 0.2) is 15.3 Å². The van der Waals surface area contributed by atoms with Crippen molar-refractivity contribution in [3.8, 4) is 5.75 Å². The van der Waals surface area contributed by atoms with Gasteiger partial charge in [-0.2, -0.15) is 0 Å². The summed E-state index contributed by atoms with van der Waals surface area (Å²) >= 11 is 0. The number of methoxy groups -OCH3 is 1. The second-order valence-corrected chi connectivity index (χ2v) is 2.43. The van der Waals surface area contributed by atoms with Crippen molar-refractivity contribution in [1.29, 1.82) is 0 Å². The van der Waals surface area contributed by atoms with E-state index in [1.165, 1.54) is 13.2 Å². The molecule has 1 aromatic rings. The molecule has 0 spiro atoms. The molecule has 0 aliphatic carbocycles. The molecule has 4 heteroatoms. The molecule has 0 saturated carbocycles. The summed E-state index contributed by atoms with van der Waals surface area (Å²) in [7, 11) is 1.46. The Balaban J connectivity index is 3.18. The normalized spacial score (nSPS) is 10.2. The summed E-state index contributed by atoms with van der Waals surface area (Å²) in [6.07, 6.45) is 0. The minimum Gasteiger partial charge on any atom is -0.502 e. The van der Waals surface area contributed by atoms with Gasteiger partial charge in [-0.25, -0.2) is 0 Å². The molecule has 1 heterocycles. The average molecular weight is 170 g/mol. The predicted molar refractivity (Wildman–Crippen MR) is 42.1 cm³/mol. The Morgan fingerprint density at radius 3 is 2.92 bits per heavy atom. The van der Waals surface area contributed by atoms with E-state index in [-0.39, 0.29) is 18.1 Å². The first kappa shape index (κ1) is 8.80. The van der Waals surface area contributed by atoms with E-state index in [0.29, 0.717) is 5.76 Å². The van der Waals surface area contributed by atoms with Crippen molar-refractivity contribution < 1.29 is 14.3 Å². The largest absolute Gasteiger partial charge is 0.502 e. The van der Waals surface area contributed by atoms with E-state index in [9.17, 15) is 4.79 Å². The smallest absolute Gasteiger partial charge is 0.227 e. The summed E-state index contributed by atoms with van der Waals surface area (Å²) in [5, 5.41) is 9.17. The van der Waals surface area contributed by atoms with E-state index in [1.54, 1.807) is 6.92 Å². The maximum atomic E-state index is 11.0. The lowest BCUT2D eigenvalue weighted by atomic mass is 10.3. The van der Waals surface area contributed by atoms with Gasteiger partial charge in [-0.1, -0.05) is 0 Å².